The summed E-state index contributed by atoms with van der Waals surface area (Å²) >= 11 is 13.5. The average molecular weight is 382 g/mol. The van der Waals surface area contributed by atoms with Gasteiger partial charge in [-0.05, 0) is 43.1 Å². The third-order valence-corrected chi connectivity index (χ3v) is 5.01. The maximum absolute atomic E-state index is 12.1. The second kappa shape index (κ2) is 6.93. The highest BCUT2D eigenvalue weighted by molar-refractivity contribution is 7.20. The summed E-state index contributed by atoms with van der Waals surface area (Å²) in [5.41, 5.74) is 1.44. The highest BCUT2D eigenvalue weighted by Gasteiger charge is 2.21. The van der Waals surface area contributed by atoms with E-state index in [0.717, 1.165) is 10.9 Å². The van der Waals surface area contributed by atoms with Gasteiger partial charge in [-0.3, -0.25) is 0 Å². The van der Waals surface area contributed by atoms with Crippen molar-refractivity contribution >= 4 is 62.2 Å². The van der Waals surface area contributed by atoms with Crippen molar-refractivity contribution in [3.63, 3.8) is 0 Å². The fraction of sp³-hybridized carbons (Fsp3) is 0.188. The molecule has 0 bridgehead atoms. The Morgan fingerprint density at radius 3 is 2.75 bits per heavy atom. The van der Waals surface area contributed by atoms with Gasteiger partial charge >= 0.3 is 5.97 Å². The van der Waals surface area contributed by atoms with Crippen LogP contribution in [0.1, 0.15) is 22.2 Å². The summed E-state index contributed by atoms with van der Waals surface area (Å²) in [6.45, 7) is 3.91. The van der Waals surface area contributed by atoms with Gasteiger partial charge in [0.25, 0.3) is 0 Å². The Labute approximate surface area is 152 Å². The number of halogens is 2. The van der Waals surface area contributed by atoms with Crippen LogP contribution in [0.3, 0.4) is 0 Å². The molecule has 1 aromatic carbocycles. The summed E-state index contributed by atoms with van der Waals surface area (Å²) < 4.78 is 5.09. The first-order valence-electron chi connectivity index (χ1n) is 7.16. The van der Waals surface area contributed by atoms with Crippen LogP contribution in [-0.4, -0.2) is 22.5 Å². The number of hydrogen-bond acceptors (Lipinski definition) is 6. The molecule has 0 aliphatic rings. The number of carbonyl (C=O) groups is 1. The van der Waals surface area contributed by atoms with Gasteiger partial charge in [-0.15, -0.1) is 11.3 Å². The first kappa shape index (κ1) is 17.0. The normalized spacial score (nSPS) is 10.8. The lowest BCUT2D eigenvalue weighted by Gasteiger charge is -2.09. The quantitative estimate of drug-likeness (QED) is 0.495. The molecule has 0 aliphatic carbocycles. The molecule has 24 heavy (non-hydrogen) atoms. The number of ether oxygens (including phenoxy) is 1. The molecule has 0 aliphatic heterocycles. The molecular formula is C16H13Cl2N3O2S. The number of para-hydroxylation sites is 1. The third-order valence-electron chi connectivity index (χ3n) is 3.35. The van der Waals surface area contributed by atoms with Crippen LogP contribution in [0.15, 0.2) is 24.3 Å². The number of anilines is 2. The second-order valence-corrected chi connectivity index (χ2v) is 6.65. The molecule has 0 atom stereocenters. The van der Waals surface area contributed by atoms with Gasteiger partial charge in [-0.2, -0.15) is 4.98 Å². The van der Waals surface area contributed by atoms with Gasteiger partial charge in [-0.1, -0.05) is 23.7 Å². The number of carbonyl (C=O) groups excluding carboxylic acids is 1. The van der Waals surface area contributed by atoms with E-state index in [-0.39, 0.29) is 11.3 Å². The largest absolute Gasteiger partial charge is 0.462 e. The van der Waals surface area contributed by atoms with Crippen molar-refractivity contribution in [2.45, 2.75) is 13.8 Å². The molecule has 124 valence electrons. The SMILES string of the molecule is CCOC(=O)c1sc2nc(Cl)nc(Nc3ccccc3Cl)c2c1C. The number of thiophene rings is 1. The van der Waals surface area contributed by atoms with Crippen LogP contribution in [0, 0.1) is 6.92 Å². The fourth-order valence-corrected chi connectivity index (χ4v) is 3.76. The lowest BCUT2D eigenvalue weighted by atomic mass is 10.2. The summed E-state index contributed by atoms with van der Waals surface area (Å²) in [7, 11) is 0. The summed E-state index contributed by atoms with van der Waals surface area (Å²) in [5.74, 6) is 0.125. The lowest BCUT2D eigenvalue weighted by molar-refractivity contribution is 0.0531. The minimum atomic E-state index is -0.377. The van der Waals surface area contributed by atoms with Crippen LogP contribution >= 0.6 is 34.5 Å². The summed E-state index contributed by atoms with van der Waals surface area (Å²) in [6.07, 6.45) is 0. The number of rotatable bonds is 4. The number of aryl methyl sites for hydroxylation is 1. The van der Waals surface area contributed by atoms with Gasteiger partial charge < -0.3 is 10.1 Å². The van der Waals surface area contributed by atoms with Gasteiger partial charge in [-0.25, -0.2) is 9.78 Å². The van der Waals surface area contributed by atoms with Gasteiger partial charge in [0.1, 0.15) is 15.5 Å². The molecule has 0 saturated carbocycles. The predicted octanol–water partition coefficient (Wildman–Crippen LogP) is 5.23. The van der Waals surface area contributed by atoms with Crippen LogP contribution in [0.5, 0.6) is 0 Å². The molecule has 5 nitrogen and oxygen atoms in total. The Balaban J connectivity index is 2.14. The highest BCUT2D eigenvalue weighted by Crippen LogP contribution is 2.37. The molecule has 0 unspecified atom stereocenters. The standard InChI is InChI=1S/C16H13Cl2N3O2S/c1-3-23-15(22)12-8(2)11-13(20-16(18)21-14(11)24-12)19-10-7-5-4-6-9(10)17/h4-7H,3H2,1-2H3,(H,19,20,21). The van der Waals surface area contributed by atoms with Crippen LogP contribution < -0.4 is 5.32 Å². The average Bonchev–Trinajstić information content (AvgIpc) is 2.86. The van der Waals surface area contributed by atoms with E-state index in [1.54, 1.807) is 13.0 Å². The molecule has 0 fully saturated rings. The van der Waals surface area contributed by atoms with Crippen molar-refractivity contribution in [1.82, 2.24) is 9.97 Å². The first-order chi connectivity index (χ1) is 11.5. The maximum atomic E-state index is 12.1. The first-order valence-corrected chi connectivity index (χ1v) is 8.73. The zero-order chi connectivity index (χ0) is 17.3. The molecule has 3 rings (SSSR count). The number of fused-ring (bicyclic) bond motifs is 1. The number of hydrogen-bond donors (Lipinski definition) is 1. The summed E-state index contributed by atoms with van der Waals surface area (Å²) in [6, 6.07) is 7.30. The second-order valence-electron chi connectivity index (χ2n) is 4.90. The van der Waals surface area contributed by atoms with E-state index in [0.29, 0.717) is 32.8 Å². The number of nitrogens with one attached hydrogen (secondary N) is 1. The molecule has 1 N–H and O–H groups in total. The van der Waals surface area contributed by atoms with Gasteiger partial charge in [0.15, 0.2) is 0 Å². The summed E-state index contributed by atoms with van der Waals surface area (Å²) in [5, 5.41) is 4.54. The van der Waals surface area contributed by atoms with Gasteiger partial charge in [0.05, 0.1) is 22.7 Å². The van der Waals surface area contributed by atoms with Crippen molar-refractivity contribution in [1.29, 1.82) is 0 Å². The van der Waals surface area contributed by atoms with E-state index >= 15 is 0 Å². The number of aromatic nitrogens is 2. The maximum Gasteiger partial charge on any atom is 0.348 e. The highest BCUT2D eigenvalue weighted by atomic mass is 35.5. The molecule has 2 heterocycles. The fourth-order valence-electron chi connectivity index (χ4n) is 2.28. The van der Waals surface area contributed by atoms with Crippen molar-refractivity contribution in [2.75, 3.05) is 11.9 Å². The topological polar surface area (TPSA) is 64.1 Å². The van der Waals surface area contributed by atoms with Crippen LogP contribution in [0.4, 0.5) is 11.5 Å². The lowest BCUT2D eigenvalue weighted by Crippen LogP contribution is -2.03. The van der Waals surface area contributed by atoms with E-state index in [2.05, 4.69) is 15.3 Å². The predicted molar refractivity (Wildman–Crippen MR) is 97.9 cm³/mol. The smallest absolute Gasteiger partial charge is 0.348 e. The molecule has 0 radical (unpaired) electrons. The molecule has 3 aromatic rings. The zero-order valence-corrected chi connectivity index (χ0v) is 15.2. The third kappa shape index (κ3) is 3.17. The van der Waals surface area contributed by atoms with Crippen molar-refractivity contribution in [3.05, 3.63) is 45.0 Å². The Kier molecular flexibility index (Phi) is 4.89. The Bertz CT molecular complexity index is 927. The van der Waals surface area contributed by atoms with Gasteiger partial charge in [0, 0.05) is 0 Å². The Morgan fingerprint density at radius 1 is 1.29 bits per heavy atom. The molecule has 0 spiro atoms. The van der Waals surface area contributed by atoms with E-state index in [9.17, 15) is 4.79 Å². The van der Waals surface area contributed by atoms with E-state index in [1.165, 1.54) is 11.3 Å². The van der Waals surface area contributed by atoms with E-state index < -0.39 is 0 Å². The number of esters is 1. The van der Waals surface area contributed by atoms with Crippen LogP contribution in [0.25, 0.3) is 10.2 Å². The number of nitrogens with zero attached hydrogens (tertiary/aromatic N) is 2. The van der Waals surface area contributed by atoms with Crippen molar-refractivity contribution in [3.8, 4) is 0 Å². The minimum Gasteiger partial charge on any atom is -0.462 e. The van der Waals surface area contributed by atoms with Gasteiger partial charge in [0.2, 0.25) is 5.28 Å². The van der Waals surface area contributed by atoms with Crippen LogP contribution in [0.2, 0.25) is 10.3 Å². The molecule has 0 amide bonds. The van der Waals surface area contributed by atoms with Crippen molar-refractivity contribution in [2.24, 2.45) is 0 Å². The number of benzene rings is 1. The van der Waals surface area contributed by atoms with E-state index in [4.69, 9.17) is 27.9 Å². The monoisotopic (exact) mass is 381 g/mol. The zero-order valence-electron chi connectivity index (χ0n) is 12.9. The molecule has 0 saturated heterocycles. The Morgan fingerprint density at radius 2 is 2.04 bits per heavy atom. The minimum absolute atomic E-state index is 0.0914. The van der Waals surface area contributed by atoms with E-state index in [1.807, 2.05) is 25.1 Å². The summed E-state index contributed by atoms with van der Waals surface area (Å²) in [4.78, 5) is 21.7. The molecular weight excluding hydrogens is 369 g/mol. The van der Waals surface area contributed by atoms with Crippen LogP contribution in [-0.2, 0) is 4.74 Å². The molecule has 8 heteroatoms. The Hall–Kier alpha value is -1.89. The molecule has 2 aromatic heterocycles. The van der Waals surface area contributed by atoms with Crippen molar-refractivity contribution < 1.29 is 9.53 Å².